The molecule has 0 saturated carbocycles. The molecule has 2 nitrogen and oxygen atoms in total. The number of anilines is 1. The van der Waals surface area contributed by atoms with Crippen LogP contribution >= 0.6 is 11.6 Å². The highest BCUT2D eigenvalue weighted by molar-refractivity contribution is 6.32. The van der Waals surface area contributed by atoms with Gasteiger partial charge >= 0.3 is 0 Å². The summed E-state index contributed by atoms with van der Waals surface area (Å²) >= 11 is 5.97. The third-order valence-electron chi connectivity index (χ3n) is 2.76. The molecule has 0 amide bonds. The van der Waals surface area contributed by atoms with Crippen molar-refractivity contribution in [3.63, 3.8) is 0 Å². The van der Waals surface area contributed by atoms with Gasteiger partial charge in [0.1, 0.15) is 5.75 Å². The van der Waals surface area contributed by atoms with Crippen LogP contribution in [0.5, 0.6) is 5.75 Å². The number of halogens is 1. The van der Waals surface area contributed by atoms with Gasteiger partial charge in [-0.3, -0.25) is 0 Å². The van der Waals surface area contributed by atoms with Crippen molar-refractivity contribution >= 4 is 17.3 Å². The zero-order valence-electron chi connectivity index (χ0n) is 9.37. The number of nitrogens with one attached hydrogen (secondary N) is 1. The van der Waals surface area contributed by atoms with Crippen molar-refractivity contribution in [1.29, 1.82) is 0 Å². The summed E-state index contributed by atoms with van der Waals surface area (Å²) < 4.78 is 5.18. The van der Waals surface area contributed by atoms with Crippen molar-refractivity contribution in [2.75, 3.05) is 12.4 Å². The number of methoxy groups -OCH3 is 1. The van der Waals surface area contributed by atoms with Gasteiger partial charge in [0.25, 0.3) is 0 Å². The second-order valence-corrected chi connectivity index (χ2v) is 4.37. The smallest absolute Gasteiger partial charge is 0.139 e. The van der Waals surface area contributed by atoms with Crippen LogP contribution < -0.4 is 10.1 Å². The van der Waals surface area contributed by atoms with E-state index in [0.29, 0.717) is 16.8 Å². The summed E-state index contributed by atoms with van der Waals surface area (Å²) in [7, 11) is 1.63. The van der Waals surface area contributed by atoms with E-state index in [1.165, 1.54) is 19.3 Å². The highest BCUT2D eigenvalue weighted by Gasteiger charge is 2.09. The Balaban J connectivity index is 2.09. The van der Waals surface area contributed by atoms with Gasteiger partial charge in [0, 0.05) is 17.8 Å². The minimum atomic E-state index is 0.430. The first-order valence-electron chi connectivity index (χ1n) is 5.56. The van der Waals surface area contributed by atoms with Crippen LogP contribution in [0.15, 0.2) is 30.4 Å². The quantitative estimate of drug-likeness (QED) is 0.806. The minimum absolute atomic E-state index is 0.430. The molecule has 1 N–H and O–H groups in total. The molecule has 86 valence electrons. The first-order valence-corrected chi connectivity index (χ1v) is 5.94. The van der Waals surface area contributed by atoms with Crippen LogP contribution in [0.2, 0.25) is 5.02 Å². The lowest BCUT2D eigenvalue weighted by atomic mass is 10.0. The van der Waals surface area contributed by atoms with Gasteiger partial charge in [-0.05, 0) is 31.4 Å². The van der Waals surface area contributed by atoms with Gasteiger partial charge in [0.15, 0.2) is 0 Å². The normalized spacial score (nSPS) is 19.5. The van der Waals surface area contributed by atoms with Crippen molar-refractivity contribution in [2.24, 2.45) is 0 Å². The molecule has 0 saturated heterocycles. The molecule has 1 aliphatic carbocycles. The van der Waals surface area contributed by atoms with Crippen molar-refractivity contribution in [2.45, 2.75) is 25.3 Å². The summed E-state index contributed by atoms with van der Waals surface area (Å²) in [5, 5.41) is 4.10. The second kappa shape index (κ2) is 5.26. The maximum Gasteiger partial charge on any atom is 0.139 e. The van der Waals surface area contributed by atoms with Crippen LogP contribution in [0.25, 0.3) is 0 Å². The molecular formula is C13H16ClNO. The van der Waals surface area contributed by atoms with Crippen LogP contribution in [-0.4, -0.2) is 13.2 Å². The average molecular weight is 238 g/mol. The first-order chi connectivity index (χ1) is 7.79. The fraction of sp³-hybridized carbons (Fsp3) is 0.385. The monoisotopic (exact) mass is 237 g/mol. The van der Waals surface area contributed by atoms with Crippen molar-refractivity contribution < 1.29 is 4.74 Å². The number of benzene rings is 1. The average Bonchev–Trinajstić information content (AvgIpc) is 2.33. The zero-order chi connectivity index (χ0) is 11.4. The number of hydrogen-bond donors (Lipinski definition) is 1. The molecule has 1 atom stereocenters. The minimum Gasteiger partial charge on any atom is -0.495 e. The van der Waals surface area contributed by atoms with E-state index in [1.807, 2.05) is 18.2 Å². The van der Waals surface area contributed by atoms with E-state index in [9.17, 15) is 0 Å². The molecule has 16 heavy (non-hydrogen) atoms. The van der Waals surface area contributed by atoms with Crippen LogP contribution in [0.4, 0.5) is 5.69 Å². The SMILES string of the molecule is COc1cc(NC2C=CCCC2)ccc1Cl. The molecule has 1 aliphatic rings. The van der Waals surface area contributed by atoms with Gasteiger partial charge in [-0.2, -0.15) is 0 Å². The molecule has 0 aromatic heterocycles. The second-order valence-electron chi connectivity index (χ2n) is 3.96. The van der Waals surface area contributed by atoms with Gasteiger partial charge in [0.05, 0.1) is 12.1 Å². The van der Waals surface area contributed by atoms with Crippen LogP contribution in [0.3, 0.4) is 0 Å². The molecule has 0 heterocycles. The fourth-order valence-corrected chi connectivity index (χ4v) is 2.09. The summed E-state index contributed by atoms with van der Waals surface area (Å²) in [6.07, 6.45) is 8.08. The van der Waals surface area contributed by atoms with Crippen LogP contribution in [0, 0.1) is 0 Å². The molecule has 1 aromatic carbocycles. The van der Waals surface area contributed by atoms with Crippen molar-refractivity contribution in [3.05, 3.63) is 35.4 Å². The molecule has 0 bridgehead atoms. The predicted molar refractivity (Wildman–Crippen MR) is 68.4 cm³/mol. The third kappa shape index (κ3) is 2.70. The third-order valence-corrected chi connectivity index (χ3v) is 3.07. The molecule has 1 unspecified atom stereocenters. The van der Waals surface area contributed by atoms with Gasteiger partial charge in [-0.15, -0.1) is 0 Å². The Kier molecular flexibility index (Phi) is 3.73. The Labute approximate surface area is 101 Å². The topological polar surface area (TPSA) is 21.3 Å². The highest BCUT2D eigenvalue weighted by atomic mass is 35.5. The maximum absolute atomic E-state index is 5.97. The number of allylic oxidation sites excluding steroid dienone is 1. The molecule has 0 aliphatic heterocycles. The number of hydrogen-bond acceptors (Lipinski definition) is 2. The molecule has 0 fully saturated rings. The van der Waals surface area contributed by atoms with E-state index in [-0.39, 0.29) is 0 Å². The summed E-state index contributed by atoms with van der Waals surface area (Å²) in [4.78, 5) is 0. The molecule has 0 radical (unpaired) electrons. The lowest BCUT2D eigenvalue weighted by molar-refractivity contribution is 0.415. The Morgan fingerprint density at radius 2 is 2.31 bits per heavy atom. The molecule has 1 aromatic rings. The standard InChI is InChI=1S/C13H16ClNO/c1-16-13-9-11(7-8-12(13)14)15-10-5-3-2-4-6-10/h3,5,7-10,15H,2,4,6H2,1H3. The van der Waals surface area contributed by atoms with E-state index < -0.39 is 0 Å². The summed E-state index contributed by atoms with van der Waals surface area (Å²) in [6, 6.07) is 6.20. The van der Waals surface area contributed by atoms with Crippen LogP contribution in [0.1, 0.15) is 19.3 Å². The van der Waals surface area contributed by atoms with Crippen molar-refractivity contribution in [1.82, 2.24) is 0 Å². The summed E-state index contributed by atoms with van der Waals surface area (Å²) in [5.41, 5.74) is 1.05. The van der Waals surface area contributed by atoms with Crippen molar-refractivity contribution in [3.8, 4) is 5.75 Å². The Bertz CT molecular complexity index is 390. The Morgan fingerprint density at radius 1 is 1.44 bits per heavy atom. The summed E-state index contributed by atoms with van der Waals surface area (Å²) in [6.45, 7) is 0. The predicted octanol–water partition coefficient (Wildman–Crippen LogP) is 3.87. The van der Waals surface area contributed by atoms with Gasteiger partial charge in [-0.25, -0.2) is 0 Å². The van der Waals surface area contributed by atoms with E-state index >= 15 is 0 Å². The van der Waals surface area contributed by atoms with E-state index in [1.54, 1.807) is 7.11 Å². The fourth-order valence-electron chi connectivity index (χ4n) is 1.90. The molecule has 2 rings (SSSR count). The Hall–Kier alpha value is -1.15. The maximum atomic E-state index is 5.97. The number of ether oxygens (including phenoxy) is 1. The van der Waals surface area contributed by atoms with E-state index in [4.69, 9.17) is 16.3 Å². The lowest BCUT2D eigenvalue weighted by Crippen LogP contribution is -2.18. The van der Waals surface area contributed by atoms with Gasteiger partial charge in [-0.1, -0.05) is 23.8 Å². The van der Waals surface area contributed by atoms with E-state index in [2.05, 4.69) is 17.5 Å². The Morgan fingerprint density at radius 3 is 3.00 bits per heavy atom. The number of rotatable bonds is 3. The highest BCUT2D eigenvalue weighted by Crippen LogP contribution is 2.28. The van der Waals surface area contributed by atoms with Gasteiger partial charge in [0.2, 0.25) is 0 Å². The van der Waals surface area contributed by atoms with Crippen LogP contribution in [-0.2, 0) is 0 Å². The molecule has 3 heteroatoms. The van der Waals surface area contributed by atoms with E-state index in [0.717, 1.165) is 5.69 Å². The summed E-state index contributed by atoms with van der Waals surface area (Å²) in [5.74, 6) is 0.714. The zero-order valence-corrected chi connectivity index (χ0v) is 10.1. The molecule has 0 spiro atoms. The first kappa shape index (κ1) is 11.3. The molecular weight excluding hydrogens is 222 g/mol. The van der Waals surface area contributed by atoms with Gasteiger partial charge < -0.3 is 10.1 Å². The largest absolute Gasteiger partial charge is 0.495 e. The lowest BCUT2D eigenvalue weighted by Gasteiger charge is -2.19.